The molecule has 128 valence electrons. The number of fused-ring (bicyclic) bond motifs is 1. The second kappa shape index (κ2) is 4.27. The van der Waals surface area contributed by atoms with Gasteiger partial charge in [0.15, 0.2) is 0 Å². The molecular weight excluding hydrogens is 296 g/mol. The second-order valence-electron chi connectivity index (χ2n) is 8.76. The Kier molecular flexibility index (Phi) is 2.67. The van der Waals surface area contributed by atoms with Crippen LogP contribution in [-0.4, -0.2) is 18.8 Å². The van der Waals surface area contributed by atoms with Crippen LogP contribution < -0.4 is 4.74 Å². The summed E-state index contributed by atoms with van der Waals surface area (Å²) in [6, 6.07) is 4.61. The molecule has 2 nitrogen and oxygen atoms in total. The van der Waals surface area contributed by atoms with E-state index in [0.717, 1.165) is 18.6 Å². The Balaban J connectivity index is 1.91. The van der Waals surface area contributed by atoms with E-state index < -0.39 is 0 Å². The molecule has 5 atom stereocenters. The molecule has 2 fully saturated rings. The molecule has 2 saturated carbocycles. The molecule has 24 heavy (non-hydrogen) atoms. The van der Waals surface area contributed by atoms with E-state index in [4.69, 9.17) is 9.47 Å². The van der Waals surface area contributed by atoms with Gasteiger partial charge in [-0.15, -0.1) is 0 Å². The minimum Gasteiger partial charge on any atom is -0.484 e. The van der Waals surface area contributed by atoms with Gasteiger partial charge in [-0.1, -0.05) is 32.6 Å². The second-order valence-corrected chi connectivity index (χ2v) is 8.76. The predicted octanol–water partition coefficient (Wildman–Crippen LogP) is 4.72. The van der Waals surface area contributed by atoms with E-state index >= 15 is 0 Å². The lowest BCUT2D eigenvalue weighted by atomic mass is 9.56. The number of rotatable bonds is 2. The summed E-state index contributed by atoms with van der Waals surface area (Å²) in [4.78, 5) is 0. The maximum atomic E-state index is 6.65. The summed E-state index contributed by atoms with van der Waals surface area (Å²) in [6.07, 6.45) is 5.77. The highest BCUT2D eigenvalue weighted by Crippen LogP contribution is 2.75. The molecule has 3 aliphatic carbocycles. The zero-order valence-electron chi connectivity index (χ0n) is 15.4. The molecule has 2 heteroatoms. The van der Waals surface area contributed by atoms with Crippen LogP contribution in [0.3, 0.4) is 0 Å². The molecule has 0 radical (unpaired) electrons. The SMILES string of the molecule is C=C1CC[C@@]2(OC)[C@H](C)C3(CC)Cc4ccc(C)c5c4[C@@]2(C3)[C@H]1O5. The van der Waals surface area contributed by atoms with Crippen LogP contribution in [0.5, 0.6) is 5.75 Å². The molecule has 2 bridgehead atoms. The fourth-order valence-electron chi connectivity index (χ4n) is 7.18. The van der Waals surface area contributed by atoms with Crippen LogP contribution in [0.15, 0.2) is 24.3 Å². The maximum Gasteiger partial charge on any atom is 0.132 e. The van der Waals surface area contributed by atoms with Gasteiger partial charge in [0.25, 0.3) is 0 Å². The smallest absolute Gasteiger partial charge is 0.132 e. The molecular formula is C22H28O2. The molecule has 4 aliphatic rings. The monoisotopic (exact) mass is 324 g/mol. The van der Waals surface area contributed by atoms with Gasteiger partial charge in [0, 0.05) is 12.7 Å². The topological polar surface area (TPSA) is 18.5 Å². The number of methoxy groups -OCH3 is 1. The van der Waals surface area contributed by atoms with E-state index in [1.54, 1.807) is 0 Å². The van der Waals surface area contributed by atoms with E-state index in [-0.39, 0.29) is 17.1 Å². The van der Waals surface area contributed by atoms with Crippen molar-refractivity contribution in [2.45, 2.75) is 70.0 Å². The average molecular weight is 324 g/mol. The number of aryl methyl sites for hydroxylation is 1. The Morgan fingerprint density at radius 3 is 2.88 bits per heavy atom. The molecule has 1 spiro atoms. The molecule has 1 heterocycles. The van der Waals surface area contributed by atoms with Crippen molar-refractivity contribution in [1.29, 1.82) is 0 Å². The molecule has 1 unspecified atom stereocenters. The quantitative estimate of drug-likeness (QED) is 0.733. The van der Waals surface area contributed by atoms with Crippen LogP contribution in [0.4, 0.5) is 0 Å². The van der Waals surface area contributed by atoms with Crippen molar-refractivity contribution in [3.05, 3.63) is 41.0 Å². The molecule has 1 aliphatic heterocycles. The van der Waals surface area contributed by atoms with Crippen molar-refractivity contribution in [1.82, 2.24) is 0 Å². The lowest BCUT2D eigenvalue weighted by Gasteiger charge is -2.51. The molecule has 1 aromatic carbocycles. The zero-order chi connectivity index (χ0) is 16.9. The highest BCUT2D eigenvalue weighted by molar-refractivity contribution is 5.62. The van der Waals surface area contributed by atoms with Crippen molar-refractivity contribution < 1.29 is 9.47 Å². The average Bonchev–Trinajstić information content (AvgIpc) is 3.03. The van der Waals surface area contributed by atoms with Crippen molar-refractivity contribution in [3.8, 4) is 5.75 Å². The number of ether oxygens (including phenoxy) is 2. The number of hydrogen-bond acceptors (Lipinski definition) is 2. The van der Waals surface area contributed by atoms with Gasteiger partial charge >= 0.3 is 0 Å². The first-order valence-corrected chi connectivity index (χ1v) is 9.48. The van der Waals surface area contributed by atoms with Crippen molar-refractivity contribution in [3.63, 3.8) is 0 Å². The highest BCUT2D eigenvalue weighted by Gasteiger charge is 2.77. The first-order valence-electron chi connectivity index (χ1n) is 9.48. The van der Waals surface area contributed by atoms with Gasteiger partial charge in [0.2, 0.25) is 0 Å². The predicted molar refractivity (Wildman–Crippen MR) is 95.6 cm³/mol. The lowest BCUT2D eigenvalue weighted by Crippen LogP contribution is -2.60. The van der Waals surface area contributed by atoms with Gasteiger partial charge in [-0.05, 0) is 67.1 Å². The van der Waals surface area contributed by atoms with Crippen LogP contribution in [0.1, 0.15) is 56.2 Å². The van der Waals surface area contributed by atoms with Gasteiger partial charge < -0.3 is 9.47 Å². The normalized spacial score (nSPS) is 44.4. The minimum atomic E-state index is -0.112. The summed E-state index contributed by atoms with van der Waals surface area (Å²) in [5.74, 6) is 1.68. The number of benzene rings is 1. The van der Waals surface area contributed by atoms with E-state index in [1.165, 1.54) is 41.5 Å². The summed E-state index contributed by atoms with van der Waals surface area (Å²) in [7, 11) is 1.94. The van der Waals surface area contributed by atoms with E-state index in [1.807, 2.05) is 7.11 Å². The standard InChI is InChI=1S/C22H28O2/c1-6-20-11-16-8-7-13(2)18-17(16)21(12-20)19(24-18)14(3)9-10-22(21,23-5)15(20)4/h7-8,15,19H,3,6,9-12H2,1-2,4-5H3/t15-,19+,20?,21+,22-/m1/s1. The van der Waals surface area contributed by atoms with E-state index in [0.29, 0.717) is 11.3 Å². The summed E-state index contributed by atoms with van der Waals surface area (Å²) in [5.41, 5.74) is 5.70. The van der Waals surface area contributed by atoms with Crippen LogP contribution >= 0.6 is 0 Å². The summed E-state index contributed by atoms with van der Waals surface area (Å²) >= 11 is 0. The van der Waals surface area contributed by atoms with E-state index in [9.17, 15) is 0 Å². The number of hydrogen-bond donors (Lipinski definition) is 0. The van der Waals surface area contributed by atoms with Gasteiger partial charge in [-0.3, -0.25) is 0 Å². The van der Waals surface area contributed by atoms with Crippen molar-refractivity contribution in [2.24, 2.45) is 11.3 Å². The minimum absolute atomic E-state index is 0.0263. The Labute approximate surface area is 145 Å². The highest BCUT2D eigenvalue weighted by atomic mass is 16.5. The maximum absolute atomic E-state index is 6.65. The molecule has 1 aromatic rings. The van der Waals surface area contributed by atoms with Gasteiger partial charge in [0.1, 0.15) is 11.9 Å². The Morgan fingerprint density at radius 1 is 1.38 bits per heavy atom. The lowest BCUT2D eigenvalue weighted by molar-refractivity contribution is -0.123. The van der Waals surface area contributed by atoms with Gasteiger partial charge in [-0.25, -0.2) is 0 Å². The third-order valence-corrected chi connectivity index (χ3v) is 8.37. The van der Waals surface area contributed by atoms with Crippen molar-refractivity contribution in [2.75, 3.05) is 7.11 Å². The van der Waals surface area contributed by atoms with E-state index in [2.05, 4.69) is 39.5 Å². The summed E-state index contributed by atoms with van der Waals surface area (Å²) in [6.45, 7) is 11.4. The van der Waals surface area contributed by atoms with Crippen molar-refractivity contribution >= 4 is 0 Å². The third-order valence-electron chi connectivity index (χ3n) is 8.37. The summed E-state index contributed by atoms with van der Waals surface area (Å²) in [5, 5.41) is 0. The Morgan fingerprint density at radius 2 is 2.17 bits per heavy atom. The molecule has 0 amide bonds. The Bertz CT molecular complexity index is 765. The molecule has 0 N–H and O–H groups in total. The van der Waals surface area contributed by atoms with Gasteiger partial charge in [0.05, 0.1) is 11.0 Å². The van der Waals surface area contributed by atoms with Crippen LogP contribution in [0, 0.1) is 18.3 Å². The fourth-order valence-corrected chi connectivity index (χ4v) is 7.18. The Hall–Kier alpha value is -1.28. The summed E-state index contributed by atoms with van der Waals surface area (Å²) < 4.78 is 13.1. The first kappa shape index (κ1) is 15.0. The molecule has 0 aromatic heterocycles. The molecule has 0 saturated heterocycles. The fraction of sp³-hybridized carbons (Fsp3) is 0.636. The first-order chi connectivity index (χ1) is 11.5. The molecule has 5 rings (SSSR count). The zero-order valence-corrected chi connectivity index (χ0v) is 15.4. The van der Waals surface area contributed by atoms with Crippen LogP contribution in [0.25, 0.3) is 0 Å². The van der Waals surface area contributed by atoms with Crippen LogP contribution in [-0.2, 0) is 16.6 Å². The largest absolute Gasteiger partial charge is 0.484 e. The van der Waals surface area contributed by atoms with Gasteiger partial charge in [-0.2, -0.15) is 0 Å². The van der Waals surface area contributed by atoms with Crippen LogP contribution in [0.2, 0.25) is 0 Å². The third kappa shape index (κ3) is 1.27.